The van der Waals surface area contributed by atoms with Crippen LogP contribution >= 0.6 is 11.6 Å². The Morgan fingerprint density at radius 2 is 2.05 bits per heavy atom. The summed E-state index contributed by atoms with van der Waals surface area (Å²) in [5, 5.41) is 7.26. The maximum absolute atomic E-state index is 12.1. The molecule has 0 radical (unpaired) electrons. The van der Waals surface area contributed by atoms with Gasteiger partial charge in [-0.25, -0.2) is 9.67 Å². The zero-order valence-electron chi connectivity index (χ0n) is 10.9. The molecular formula is C15H11ClN4O. The predicted molar refractivity (Wildman–Crippen MR) is 80.8 cm³/mol. The van der Waals surface area contributed by atoms with Crippen LogP contribution in [-0.4, -0.2) is 20.7 Å². The molecule has 0 atom stereocenters. The van der Waals surface area contributed by atoms with Gasteiger partial charge in [0.05, 0.1) is 5.69 Å². The number of nitrogens with zero attached hydrogens (tertiary/aromatic N) is 3. The zero-order chi connectivity index (χ0) is 14.7. The first-order valence-electron chi connectivity index (χ1n) is 6.25. The highest BCUT2D eigenvalue weighted by Crippen LogP contribution is 2.15. The number of benzene rings is 1. The summed E-state index contributed by atoms with van der Waals surface area (Å²) in [5.41, 5.74) is 2.01. The van der Waals surface area contributed by atoms with Crippen LogP contribution in [0.4, 0.5) is 5.69 Å². The van der Waals surface area contributed by atoms with Gasteiger partial charge in [-0.3, -0.25) is 4.79 Å². The lowest BCUT2D eigenvalue weighted by atomic mass is 10.2. The van der Waals surface area contributed by atoms with Gasteiger partial charge in [-0.2, -0.15) is 5.10 Å². The van der Waals surface area contributed by atoms with E-state index in [4.69, 9.17) is 11.6 Å². The molecule has 0 aliphatic rings. The van der Waals surface area contributed by atoms with Crippen LogP contribution in [0.2, 0.25) is 5.15 Å². The summed E-state index contributed by atoms with van der Waals surface area (Å²) in [6.45, 7) is 0. The number of aromatic nitrogens is 3. The quantitative estimate of drug-likeness (QED) is 0.756. The third-order valence-corrected chi connectivity index (χ3v) is 3.07. The predicted octanol–water partition coefficient (Wildman–Crippen LogP) is 3.17. The summed E-state index contributed by atoms with van der Waals surface area (Å²) >= 11 is 5.78. The zero-order valence-corrected chi connectivity index (χ0v) is 11.7. The van der Waals surface area contributed by atoms with Crippen LogP contribution in [-0.2, 0) is 0 Å². The van der Waals surface area contributed by atoms with E-state index in [0.717, 1.165) is 5.69 Å². The lowest BCUT2D eigenvalue weighted by molar-refractivity contribution is 0.102. The Kier molecular flexibility index (Phi) is 3.66. The molecule has 0 fully saturated rings. The van der Waals surface area contributed by atoms with Gasteiger partial charge >= 0.3 is 0 Å². The van der Waals surface area contributed by atoms with Gasteiger partial charge in [-0.1, -0.05) is 17.7 Å². The molecule has 0 saturated heterocycles. The number of nitrogens with one attached hydrogen (secondary N) is 1. The van der Waals surface area contributed by atoms with Crippen molar-refractivity contribution < 1.29 is 4.79 Å². The molecule has 0 aliphatic carbocycles. The van der Waals surface area contributed by atoms with Gasteiger partial charge in [0.1, 0.15) is 5.15 Å². The van der Waals surface area contributed by atoms with E-state index in [2.05, 4.69) is 15.4 Å². The Hall–Kier alpha value is -2.66. The maximum Gasteiger partial charge on any atom is 0.255 e. The minimum atomic E-state index is -0.239. The third-order valence-electron chi connectivity index (χ3n) is 2.86. The fraction of sp³-hybridized carbons (Fsp3) is 0. The van der Waals surface area contributed by atoms with Crippen LogP contribution in [0.3, 0.4) is 0 Å². The lowest BCUT2D eigenvalue weighted by Crippen LogP contribution is -2.12. The lowest BCUT2D eigenvalue weighted by Gasteiger charge is -2.07. The fourth-order valence-electron chi connectivity index (χ4n) is 1.89. The van der Waals surface area contributed by atoms with Crippen molar-refractivity contribution in [3.63, 3.8) is 0 Å². The molecular weight excluding hydrogens is 288 g/mol. The monoisotopic (exact) mass is 298 g/mol. The molecule has 1 aromatic carbocycles. The summed E-state index contributed by atoms with van der Waals surface area (Å²) in [4.78, 5) is 16.0. The van der Waals surface area contributed by atoms with E-state index in [-0.39, 0.29) is 11.1 Å². The average Bonchev–Trinajstić information content (AvgIpc) is 3.02. The van der Waals surface area contributed by atoms with Crippen LogP contribution in [0.25, 0.3) is 5.69 Å². The summed E-state index contributed by atoms with van der Waals surface area (Å²) in [7, 11) is 0. The molecule has 2 aromatic heterocycles. The number of halogens is 1. The number of rotatable bonds is 3. The largest absolute Gasteiger partial charge is 0.322 e. The van der Waals surface area contributed by atoms with Crippen LogP contribution < -0.4 is 5.32 Å². The molecule has 0 saturated carbocycles. The Morgan fingerprint density at radius 1 is 1.14 bits per heavy atom. The summed E-state index contributed by atoms with van der Waals surface area (Å²) in [6.07, 6.45) is 5.03. The average molecular weight is 299 g/mol. The molecule has 0 bridgehead atoms. The van der Waals surface area contributed by atoms with Gasteiger partial charge in [0.2, 0.25) is 0 Å². The first-order chi connectivity index (χ1) is 10.2. The molecule has 2 heterocycles. The number of amides is 1. The van der Waals surface area contributed by atoms with Crippen LogP contribution in [0.1, 0.15) is 10.4 Å². The van der Waals surface area contributed by atoms with E-state index >= 15 is 0 Å². The number of carbonyl (C=O) groups excluding carboxylic acids is 1. The van der Waals surface area contributed by atoms with Gasteiger partial charge in [0.25, 0.3) is 5.91 Å². The van der Waals surface area contributed by atoms with Gasteiger partial charge in [-0.05, 0) is 36.4 Å². The van der Waals surface area contributed by atoms with Crippen LogP contribution in [0.15, 0.2) is 61.1 Å². The number of hydrogen-bond acceptors (Lipinski definition) is 3. The van der Waals surface area contributed by atoms with Crippen molar-refractivity contribution >= 4 is 23.2 Å². The van der Waals surface area contributed by atoms with Crippen molar-refractivity contribution in [2.24, 2.45) is 0 Å². The minimum absolute atomic E-state index is 0.239. The smallest absolute Gasteiger partial charge is 0.255 e. The molecule has 21 heavy (non-hydrogen) atoms. The van der Waals surface area contributed by atoms with Crippen molar-refractivity contribution in [3.8, 4) is 5.69 Å². The topological polar surface area (TPSA) is 59.8 Å². The fourth-order valence-corrected chi connectivity index (χ4v) is 2.07. The van der Waals surface area contributed by atoms with E-state index in [1.54, 1.807) is 16.9 Å². The highest BCUT2D eigenvalue weighted by atomic mass is 35.5. The van der Waals surface area contributed by atoms with E-state index in [1.807, 2.05) is 36.5 Å². The Labute approximate surface area is 126 Å². The standard InChI is InChI=1S/C15H11ClN4O/c16-14-9-11(5-7-17-14)15(21)19-12-3-1-4-13(10-12)20-8-2-6-18-20/h1-10H,(H,19,21). The molecule has 104 valence electrons. The Bertz CT molecular complexity index is 771. The van der Waals surface area contributed by atoms with Crippen LogP contribution in [0, 0.1) is 0 Å². The van der Waals surface area contributed by atoms with Crippen molar-refractivity contribution in [2.45, 2.75) is 0 Å². The normalized spacial score (nSPS) is 10.3. The van der Waals surface area contributed by atoms with Crippen molar-refractivity contribution in [1.82, 2.24) is 14.8 Å². The molecule has 5 nitrogen and oxygen atoms in total. The SMILES string of the molecule is O=C(Nc1cccc(-n2cccn2)c1)c1ccnc(Cl)c1. The third kappa shape index (κ3) is 3.09. The van der Waals surface area contributed by atoms with E-state index < -0.39 is 0 Å². The van der Waals surface area contributed by atoms with Gasteiger partial charge in [-0.15, -0.1) is 0 Å². The molecule has 0 unspecified atom stereocenters. The van der Waals surface area contributed by atoms with Gasteiger partial charge in [0.15, 0.2) is 0 Å². The van der Waals surface area contributed by atoms with Crippen molar-refractivity contribution in [2.75, 3.05) is 5.32 Å². The van der Waals surface area contributed by atoms with E-state index in [0.29, 0.717) is 11.3 Å². The highest BCUT2D eigenvalue weighted by molar-refractivity contribution is 6.29. The summed E-state index contributed by atoms with van der Waals surface area (Å²) in [5.74, 6) is -0.239. The summed E-state index contributed by atoms with van der Waals surface area (Å²) in [6, 6.07) is 12.4. The van der Waals surface area contributed by atoms with Gasteiger partial charge in [0, 0.05) is 29.8 Å². The van der Waals surface area contributed by atoms with E-state index in [9.17, 15) is 4.79 Å². The molecule has 6 heteroatoms. The molecule has 0 aliphatic heterocycles. The number of anilines is 1. The van der Waals surface area contributed by atoms with E-state index in [1.165, 1.54) is 12.3 Å². The molecule has 1 N–H and O–H groups in total. The second-order valence-electron chi connectivity index (χ2n) is 4.32. The Morgan fingerprint density at radius 3 is 2.81 bits per heavy atom. The number of hydrogen-bond donors (Lipinski definition) is 1. The minimum Gasteiger partial charge on any atom is -0.322 e. The summed E-state index contributed by atoms with van der Waals surface area (Å²) < 4.78 is 1.72. The molecule has 1 amide bonds. The second kappa shape index (κ2) is 5.76. The first kappa shape index (κ1) is 13.3. The van der Waals surface area contributed by atoms with Crippen molar-refractivity contribution in [3.05, 3.63) is 71.8 Å². The number of carbonyl (C=O) groups is 1. The van der Waals surface area contributed by atoms with Crippen LogP contribution in [0.5, 0.6) is 0 Å². The second-order valence-corrected chi connectivity index (χ2v) is 4.71. The first-order valence-corrected chi connectivity index (χ1v) is 6.63. The molecule has 3 rings (SSSR count). The maximum atomic E-state index is 12.1. The molecule has 3 aromatic rings. The van der Waals surface area contributed by atoms with Crippen molar-refractivity contribution in [1.29, 1.82) is 0 Å². The van der Waals surface area contributed by atoms with Gasteiger partial charge < -0.3 is 5.32 Å². The molecule has 0 spiro atoms. The number of pyridine rings is 1. The Balaban J connectivity index is 1.82. The highest BCUT2D eigenvalue weighted by Gasteiger charge is 2.07.